The molecule has 2 aromatic carbocycles. The predicted octanol–water partition coefficient (Wildman–Crippen LogP) is 3.76. The van der Waals surface area contributed by atoms with Gasteiger partial charge >= 0.3 is 0 Å². The maximum Gasteiger partial charge on any atom is 0.244 e. The van der Waals surface area contributed by atoms with Gasteiger partial charge in [-0.2, -0.15) is 0 Å². The molecular weight excluding hydrogens is 379 g/mol. The molecule has 0 spiro atoms. The maximum absolute atomic E-state index is 12.4. The number of ether oxygens (including phenoxy) is 2. The number of carbonyl (C=O) groups is 2. The van der Waals surface area contributed by atoms with Gasteiger partial charge in [-0.25, -0.2) is 0 Å². The van der Waals surface area contributed by atoms with Crippen LogP contribution in [0.25, 0.3) is 0 Å². The van der Waals surface area contributed by atoms with Crippen molar-refractivity contribution in [2.75, 3.05) is 30.0 Å². The highest BCUT2D eigenvalue weighted by Gasteiger charge is 2.20. The summed E-state index contributed by atoms with van der Waals surface area (Å²) < 4.78 is 11.0. The first-order valence-corrected chi connectivity index (χ1v) is 8.63. The van der Waals surface area contributed by atoms with Crippen molar-refractivity contribution in [3.05, 3.63) is 46.4 Å². The van der Waals surface area contributed by atoms with Crippen molar-refractivity contribution in [2.24, 2.45) is 0 Å². The van der Waals surface area contributed by atoms with Crippen LogP contribution in [0, 0.1) is 0 Å². The first-order valence-electron chi connectivity index (χ1n) is 7.87. The van der Waals surface area contributed by atoms with Gasteiger partial charge in [0, 0.05) is 18.7 Å². The van der Waals surface area contributed by atoms with Gasteiger partial charge in [0.25, 0.3) is 0 Å². The summed E-state index contributed by atoms with van der Waals surface area (Å²) in [5.74, 6) is 0.428. The highest BCUT2D eigenvalue weighted by atomic mass is 35.5. The van der Waals surface area contributed by atoms with Crippen molar-refractivity contribution in [3.63, 3.8) is 0 Å². The summed E-state index contributed by atoms with van der Waals surface area (Å²) in [7, 11) is 0. The second-order valence-electron chi connectivity index (χ2n) is 5.58. The Bertz CT molecular complexity index is 837. The smallest absolute Gasteiger partial charge is 0.244 e. The molecule has 0 saturated carbocycles. The van der Waals surface area contributed by atoms with Crippen LogP contribution < -0.4 is 19.7 Å². The molecule has 6 nitrogen and oxygen atoms in total. The monoisotopic (exact) mass is 394 g/mol. The number of halogens is 2. The summed E-state index contributed by atoms with van der Waals surface area (Å²) in [5, 5.41) is 3.28. The van der Waals surface area contributed by atoms with Gasteiger partial charge < -0.3 is 19.7 Å². The molecule has 1 aliphatic heterocycles. The number of para-hydroxylation sites is 1. The number of benzene rings is 2. The van der Waals surface area contributed by atoms with E-state index >= 15 is 0 Å². The van der Waals surface area contributed by atoms with Gasteiger partial charge in [-0.05, 0) is 24.3 Å². The van der Waals surface area contributed by atoms with Crippen LogP contribution in [0.4, 0.5) is 11.4 Å². The van der Waals surface area contributed by atoms with Gasteiger partial charge in [-0.15, -0.1) is 0 Å². The molecule has 1 heterocycles. The fourth-order valence-electron chi connectivity index (χ4n) is 2.52. The molecule has 0 fully saturated rings. The van der Waals surface area contributed by atoms with Crippen LogP contribution in [0.5, 0.6) is 11.5 Å². The van der Waals surface area contributed by atoms with E-state index in [0.717, 1.165) is 0 Å². The Morgan fingerprint density at radius 1 is 1.08 bits per heavy atom. The van der Waals surface area contributed by atoms with Gasteiger partial charge in [0.05, 0.1) is 15.7 Å². The minimum Gasteiger partial charge on any atom is -0.486 e. The van der Waals surface area contributed by atoms with E-state index in [1.54, 1.807) is 36.4 Å². The number of nitrogens with one attached hydrogen (secondary N) is 1. The second kappa shape index (κ2) is 7.85. The van der Waals surface area contributed by atoms with Crippen molar-refractivity contribution in [1.29, 1.82) is 0 Å². The number of amides is 2. The summed E-state index contributed by atoms with van der Waals surface area (Å²) in [6.45, 7) is 2.09. The molecule has 0 bridgehead atoms. The van der Waals surface area contributed by atoms with Crippen molar-refractivity contribution in [1.82, 2.24) is 0 Å². The van der Waals surface area contributed by atoms with Gasteiger partial charge in [-0.1, -0.05) is 29.3 Å². The van der Waals surface area contributed by atoms with Crippen LogP contribution in [0.2, 0.25) is 10.0 Å². The number of rotatable bonds is 4. The zero-order valence-corrected chi connectivity index (χ0v) is 15.4. The standard InChI is InChI=1S/C18H16Cl2N2O4/c1-11(23)22(12-5-6-15-16(9-12)26-8-7-25-15)10-17(24)21-18-13(19)3-2-4-14(18)20/h2-6,9H,7-8,10H2,1H3,(H,21,24). The lowest BCUT2D eigenvalue weighted by Gasteiger charge is -2.24. The van der Waals surface area contributed by atoms with Crippen LogP contribution in [-0.2, 0) is 9.59 Å². The van der Waals surface area contributed by atoms with Crippen molar-refractivity contribution in [3.8, 4) is 11.5 Å². The Hall–Kier alpha value is -2.44. The predicted molar refractivity (Wildman–Crippen MR) is 101 cm³/mol. The minimum atomic E-state index is -0.426. The zero-order chi connectivity index (χ0) is 18.7. The fourth-order valence-corrected chi connectivity index (χ4v) is 3.02. The van der Waals surface area contributed by atoms with Crippen LogP contribution in [0.1, 0.15) is 6.92 Å². The van der Waals surface area contributed by atoms with E-state index in [1.165, 1.54) is 11.8 Å². The van der Waals surface area contributed by atoms with Crippen molar-refractivity contribution >= 4 is 46.4 Å². The van der Waals surface area contributed by atoms with E-state index in [-0.39, 0.29) is 12.5 Å². The normalized spacial score (nSPS) is 12.4. The second-order valence-corrected chi connectivity index (χ2v) is 6.39. The molecule has 1 aliphatic rings. The summed E-state index contributed by atoms with van der Waals surface area (Å²) >= 11 is 12.1. The molecule has 0 saturated heterocycles. The molecule has 0 radical (unpaired) electrons. The van der Waals surface area contributed by atoms with Gasteiger partial charge in [0.15, 0.2) is 11.5 Å². The van der Waals surface area contributed by atoms with Crippen LogP contribution >= 0.6 is 23.2 Å². The third-order valence-electron chi connectivity index (χ3n) is 3.75. The lowest BCUT2D eigenvalue weighted by Crippen LogP contribution is -2.36. The fraction of sp³-hybridized carbons (Fsp3) is 0.222. The van der Waals surface area contributed by atoms with Crippen LogP contribution in [0.15, 0.2) is 36.4 Å². The van der Waals surface area contributed by atoms with E-state index in [1.807, 2.05) is 0 Å². The Morgan fingerprint density at radius 3 is 2.38 bits per heavy atom. The number of anilines is 2. The average Bonchev–Trinajstić information content (AvgIpc) is 2.62. The quantitative estimate of drug-likeness (QED) is 0.856. The SMILES string of the molecule is CC(=O)N(CC(=O)Nc1c(Cl)cccc1Cl)c1ccc2c(c1)OCCO2. The highest BCUT2D eigenvalue weighted by molar-refractivity contribution is 6.39. The van der Waals surface area contributed by atoms with E-state index in [0.29, 0.717) is 46.1 Å². The Kier molecular flexibility index (Phi) is 5.54. The van der Waals surface area contributed by atoms with Gasteiger partial charge in [-0.3, -0.25) is 9.59 Å². The molecule has 26 heavy (non-hydrogen) atoms. The molecule has 0 unspecified atom stereocenters. The number of carbonyl (C=O) groups excluding carboxylic acids is 2. The molecular formula is C18H16Cl2N2O4. The van der Waals surface area contributed by atoms with Crippen LogP contribution in [0.3, 0.4) is 0 Å². The van der Waals surface area contributed by atoms with Gasteiger partial charge in [0.2, 0.25) is 11.8 Å². The molecule has 2 aromatic rings. The Labute approximate surface area is 160 Å². The molecule has 0 atom stereocenters. The summed E-state index contributed by atoms with van der Waals surface area (Å²) in [5.41, 5.74) is 0.841. The molecule has 2 amide bonds. The Morgan fingerprint density at radius 2 is 1.73 bits per heavy atom. The molecule has 8 heteroatoms. The van der Waals surface area contributed by atoms with Crippen molar-refractivity contribution in [2.45, 2.75) is 6.92 Å². The molecule has 1 N–H and O–H groups in total. The van der Waals surface area contributed by atoms with Crippen LogP contribution in [-0.4, -0.2) is 31.6 Å². The number of fused-ring (bicyclic) bond motifs is 1. The third-order valence-corrected chi connectivity index (χ3v) is 4.38. The topological polar surface area (TPSA) is 67.9 Å². The number of hydrogen-bond acceptors (Lipinski definition) is 4. The summed E-state index contributed by atoms with van der Waals surface area (Å²) in [6.07, 6.45) is 0. The largest absolute Gasteiger partial charge is 0.486 e. The van der Waals surface area contributed by atoms with E-state index in [9.17, 15) is 9.59 Å². The molecule has 0 aliphatic carbocycles. The Balaban J connectivity index is 1.78. The molecule has 136 valence electrons. The average molecular weight is 395 g/mol. The molecule has 3 rings (SSSR count). The first-order chi connectivity index (χ1) is 12.5. The minimum absolute atomic E-state index is 0.198. The van der Waals surface area contributed by atoms with E-state index in [2.05, 4.69) is 5.32 Å². The van der Waals surface area contributed by atoms with Crippen molar-refractivity contribution < 1.29 is 19.1 Å². The molecule has 0 aromatic heterocycles. The first kappa shape index (κ1) is 18.4. The lowest BCUT2D eigenvalue weighted by molar-refractivity contribution is -0.120. The third kappa shape index (κ3) is 4.03. The summed E-state index contributed by atoms with van der Waals surface area (Å²) in [6, 6.07) is 10.00. The zero-order valence-electron chi connectivity index (χ0n) is 13.9. The lowest BCUT2D eigenvalue weighted by atomic mass is 10.2. The van der Waals surface area contributed by atoms with Gasteiger partial charge in [0.1, 0.15) is 19.8 Å². The number of hydrogen-bond donors (Lipinski definition) is 1. The highest BCUT2D eigenvalue weighted by Crippen LogP contribution is 2.34. The van der Waals surface area contributed by atoms with E-state index in [4.69, 9.17) is 32.7 Å². The number of nitrogens with zero attached hydrogens (tertiary/aromatic N) is 1. The summed E-state index contributed by atoms with van der Waals surface area (Å²) in [4.78, 5) is 25.8. The maximum atomic E-state index is 12.4. The van der Waals surface area contributed by atoms with E-state index < -0.39 is 5.91 Å².